The second-order valence-electron chi connectivity index (χ2n) is 4.74. The summed E-state index contributed by atoms with van der Waals surface area (Å²) in [6.45, 7) is 3.53. The molecule has 2 rings (SSSR count). The van der Waals surface area contributed by atoms with Crippen LogP contribution in [0.5, 0.6) is 0 Å². The van der Waals surface area contributed by atoms with Crippen molar-refractivity contribution >= 4 is 11.3 Å². The lowest BCUT2D eigenvalue weighted by molar-refractivity contribution is 0.445. The molecule has 1 fully saturated rings. The van der Waals surface area contributed by atoms with Gasteiger partial charge in [-0.1, -0.05) is 18.9 Å². The first-order chi connectivity index (χ1) is 7.34. The van der Waals surface area contributed by atoms with Crippen molar-refractivity contribution in [3.05, 3.63) is 22.4 Å². The Morgan fingerprint density at radius 3 is 2.93 bits per heavy atom. The summed E-state index contributed by atoms with van der Waals surface area (Å²) in [7, 11) is 0. The van der Waals surface area contributed by atoms with Gasteiger partial charge in [-0.25, -0.2) is 0 Å². The molecule has 15 heavy (non-hydrogen) atoms. The molecule has 1 aromatic heterocycles. The van der Waals surface area contributed by atoms with Gasteiger partial charge in [0.25, 0.3) is 0 Å². The first-order valence-corrected chi connectivity index (χ1v) is 6.98. The fraction of sp³-hybridized carbons (Fsp3) is 0.692. The van der Waals surface area contributed by atoms with Gasteiger partial charge in [-0.05, 0) is 50.1 Å². The molecule has 0 saturated heterocycles. The number of hydrogen-bond donors (Lipinski definition) is 1. The van der Waals surface area contributed by atoms with E-state index in [-0.39, 0.29) is 0 Å². The normalized spacial score (nSPS) is 19.5. The zero-order valence-corrected chi connectivity index (χ0v) is 10.4. The second-order valence-corrected chi connectivity index (χ2v) is 5.78. The van der Waals surface area contributed by atoms with Gasteiger partial charge in [0.2, 0.25) is 0 Å². The van der Waals surface area contributed by atoms with E-state index in [1.807, 2.05) is 11.3 Å². The van der Waals surface area contributed by atoms with Crippen molar-refractivity contribution in [2.75, 3.05) is 6.54 Å². The molecule has 1 N–H and O–H groups in total. The molecule has 0 radical (unpaired) electrons. The molecule has 0 spiro atoms. The lowest BCUT2D eigenvalue weighted by Gasteiger charge is -2.16. The molecular weight excluding hydrogens is 202 g/mol. The van der Waals surface area contributed by atoms with Gasteiger partial charge in [-0.2, -0.15) is 0 Å². The van der Waals surface area contributed by atoms with Crippen molar-refractivity contribution in [2.45, 2.75) is 45.1 Å². The van der Waals surface area contributed by atoms with Crippen molar-refractivity contribution in [3.8, 4) is 0 Å². The maximum atomic E-state index is 3.67. The second kappa shape index (κ2) is 5.66. The minimum atomic E-state index is 0.629. The van der Waals surface area contributed by atoms with Crippen LogP contribution in [0.15, 0.2) is 17.5 Å². The zero-order valence-electron chi connectivity index (χ0n) is 9.54. The summed E-state index contributed by atoms with van der Waals surface area (Å²) in [5.74, 6) is 0.954. The van der Waals surface area contributed by atoms with E-state index in [0.29, 0.717) is 6.04 Å². The van der Waals surface area contributed by atoms with E-state index in [4.69, 9.17) is 0 Å². The SMILES string of the molecule is CC(Cc1cccs1)NCC1CCCC1. The van der Waals surface area contributed by atoms with E-state index in [1.165, 1.54) is 43.5 Å². The van der Waals surface area contributed by atoms with Crippen molar-refractivity contribution in [3.63, 3.8) is 0 Å². The van der Waals surface area contributed by atoms with Crippen LogP contribution >= 0.6 is 11.3 Å². The van der Waals surface area contributed by atoms with E-state index >= 15 is 0 Å². The smallest absolute Gasteiger partial charge is 0.00871 e. The maximum Gasteiger partial charge on any atom is 0.00871 e. The first kappa shape index (κ1) is 11.2. The monoisotopic (exact) mass is 223 g/mol. The van der Waals surface area contributed by atoms with Crippen LogP contribution in [0.1, 0.15) is 37.5 Å². The summed E-state index contributed by atoms with van der Waals surface area (Å²) in [6, 6.07) is 5.01. The first-order valence-electron chi connectivity index (χ1n) is 6.10. The van der Waals surface area contributed by atoms with Crippen molar-refractivity contribution < 1.29 is 0 Å². The minimum Gasteiger partial charge on any atom is -0.314 e. The van der Waals surface area contributed by atoms with Crippen LogP contribution in [-0.2, 0) is 6.42 Å². The summed E-state index contributed by atoms with van der Waals surface area (Å²) < 4.78 is 0. The van der Waals surface area contributed by atoms with E-state index in [2.05, 4.69) is 29.8 Å². The van der Waals surface area contributed by atoms with Crippen molar-refractivity contribution in [1.29, 1.82) is 0 Å². The van der Waals surface area contributed by atoms with E-state index in [9.17, 15) is 0 Å². The Labute approximate surface area is 96.9 Å². The number of rotatable bonds is 5. The third-order valence-corrected chi connectivity index (χ3v) is 4.22. The Bertz CT molecular complexity index is 262. The molecule has 1 aromatic rings. The van der Waals surface area contributed by atoms with Gasteiger partial charge in [0.05, 0.1) is 0 Å². The lowest BCUT2D eigenvalue weighted by Crippen LogP contribution is -2.31. The minimum absolute atomic E-state index is 0.629. The number of thiophene rings is 1. The quantitative estimate of drug-likeness (QED) is 0.806. The molecule has 0 bridgehead atoms. The maximum absolute atomic E-state index is 3.67. The van der Waals surface area contributed by atoms with Gasteiger partial charge < -0.3 is 5.32 Å². The molecule has 1 aliphatic carbocycles. The molecule has 0 amide bonds. The Morgan fingerprint density at radius 1 is 1.47 bits per heavy atom. The summed E-state index contributed by atoms with van der Waals surface area (Å²) in [5, 5.41) is 5.84. The highest BCUT2D eigenvalue weighted by atomic mass is 32.1. The molecule has 0 aliphatic heterocycles. The fourth-order valence-electron chi connectivity index (χ4n) is 2.39. The Hall–Kier alpha value is -0.340. The highest BCUT2D eigenvalue weighted by Crippen LogP contribution is 2.24. The lowest BCUT2D eigenvalue weighted by atomic mass is 10.1. The molecule has 1 heterocycles. The summed E-state index contributed by atoms with van der Waals surface area (Å²) in [6.07, 6.45) is 6.97. The fourth-order valence-corrected chi connectivity index (χ4v) is 3.22. The van der Waals surface area contributed by atoms with Crippen LogP contribution in [0, 0.1) is 5.92 Å². The van der Waals surface area contributed by atoms with Gasteiger partial charge in [0.1, 0.15) is 0 Å². The molecule has 2 heteroatoms. The third-order valence-electron chi connectivity index (χ3n) is 3.32. The third kappa shape index (κ3) is 3.62. The van der Waals surface area contributed by atoms with Crippen molar-refractivity contribution in [2.24, 2.45) is 5.92 Å². The zero-order chi connectivity index (χ0) is 10.5. The molecule has 1 nitrogen and oxygen atoms in total. The summed E-state index contributed by atoms with van der Waals surface area (Å²) in [4.78, 5) is 1.50. The highest BCUT2D eigenvalue weighted by molar-refractivity contribution is 7.09. The molecule has 1 atom stereocenters. The Morgan fingerprint density at radius 2 is 2.27 bits per heavy atom. The predicted octanol–water partition coefficient (Wildman–Crippen LogP) is 3.46. The topological polar surface area (TPSA) is 12.0 Å². The molecular formula is C13H21NS. The van der Waals surface area contributed by atoms with Crippen LogP contribution < -0.4 is 5.32 Å². The average Bonchev–Trinajstić information content (AvgIpc) is 2.86. The summed E-state index contributed by atoms with van der Waals surface area (Å²) in [5.41, 5.74) is 0. The molecule has 1 saturated carbocycles. The van der Waals surface area contributed by atoms with Crippen molar-refractivity contribution in [1.82, 2.24) is 5.32 Å². The standard InChI is InChI=1S/C13H21NS/c1-11(9-13-7-4-8-15-13)14-10-12-5-2-3-6-12/h4,7-8,11-12,14H,2-3,5-6,9-10H2,1H3. The summed E-state index contributed by atoms with van der Waals surface area (Å²) >= 11 is 1.87. The van der Waals surface area contributed by atoms with Crippen LogP contribution in [-0.4, -0.2) is 12.6 Å². The van der Waals surface area contributed by atoms with Crippen LogP contribution in [0.4, 0.5) is 0 Å². The van der Waals surface area contributed by atoms with Gasteiger partial charge in [0, 0.05) is 10.9 Å². The molecule has 1 aliphatic rings. The molecule has 0 aromatic carbocycles. The van der Waals surface area contributed by atoms with Gasteiger partial charge >= 0.3 is 0 Å². The van der Waals surface area contributed by atoms with Gasteiger partial charge in [-0.15, -0.1) is 11.3 Å². The van der Waals surface area contributed by atoms with Crippen LogP contribution in [0.25, 0.3) is 0 Å². The Kier molecular flexibility index (Phi) is 4.21. The van der Waals surface area contributed by atoms with E-state index in [1.54, 1.807) is 0 Å². The molecule has 1 unspecified atom stereocenters. The van der Waals surface area contributed by atoms with E-state index in [0.717, 1.165) is 5.92 Å². The van der Waals surface area contributed by atoms with Crippen LogP contribution in [0.2, 0.25) is 0 Å². The number of hydrogen-bond acceptors (Lipinski definition) is 2. The Balaban J connectivity index is 1.66. The van der Waals surface area contributed by atoms with Gasteiger partial charge in [0.15, 0.2) is 0 Å². The number of nitrogens with one attached hydrogen (secondary N) is 1. The average molecular weight is 223 g/mol. The van der Waals surface area contributed by atoms with Gasteiger partial charge in [-0.3, -0.25) is 0 Å². The predicted molar refractivity (Wildman–Crippen MR) is 67.4 cm³/mol. The molecule has 84 valence electrons. The van der Waals surface area contributed by atoms with Crippen LogP contribution in [0.3, 0.4) is 0 Å². The highest BCUT2D eigenvalue weighted by Gasteiger charge is 2.15. The largest absolute Gasteiger partial charge is 0.314 e. The van der Waals surface area contributed by atoms with E-state index < -0.39 is 0 Å².